The van der Waals surface area contributed by atoms with Crippen LogP contribution in [0.5, 0.6) is 0 Å². The van der Waals surface area contributed by atoms with Crippen LogP contribution < -0.4 is 5.32 Å². The van der Waals surface area contributed by atoms with Gasteiger partial charge in [-0.25, -0.2) is 4.39 Å². The van der Waals surface area contributed by atoms with Gasteiger partial charge in [0.2, 0.25) is 0 Å². The summed E-state index contributed by atoms with van der Waals surface area (Å²) < 4.78 is 13.2. The molecule has 4 heteroatoms. The summed E-state index contributed by atoms with van der Waals surface area (Å²) in [5, 5.41) is 11.6. The van der Waals surface area contributed by atoms with E-state index in [1.807, 2.05) is 0 Å². The van der Waals surface area contributed by atoms with Gasteiger partial charge >= 0.3 is 0 Å². The highest BCUT2D eigenvalue weighted by molar-refractivity contribution is 5.97. The Balaban J connectivity index is 2.21. The average molecular weight is 261 g/mol. The molecule has 1 aliphatic carbocycles. The summed E-state index contributed by atoms with van der Waals surface area (Å²) in [6, 6.07) is 4.01. The summed E-state index contributed by atoms with van der Waals surface area (Å²) in [5.74, 6) is 4.32. The van der Waals surface area contributed by atoms with Crippen molar-refractivity contribution in [1.29, 1.82) is 0 Å². The number of halogens is 1. The van der Waals surface area contributed by atoms with Crippen LogP contribution in [-0.4, -0.2) is 23.7 Å². The number of nitrogens with one attached hydrogen (secondary N) is 1. The third kappa shape index (κ3) is 3.12. The van der Waals surface area contributed by atoms with E-state index in [0.717, 1.165) is 6.42 Å². The predicted molar refractivity (Wildman–Crippen MR) is 70.0 cm³/mol. The van der Waals surface area contributed by atoms with Crippen LogP contribution in [0, 0.1) is 23.1 Å². The van der Waals surface area contributed by atoms with Gasteiger partial charge in [0.15, 0.2) is 0 Å². The Bertz CT molecular complexity index is 569. The molecule has 1 atom stereocenters. The molecular weight excluding hydrogens is 245 g/mol. The van der Waals surface area contributed by atoms with Crippen molar-refractivity contribution in [3.8, 4) is 11.8 Å². The molecule has 0 bridgehead atoms. The smallest absolute Gasteiger partial charge is 0.252 e. The van der Waals surface area contributed by atoms with E-state index in [-0.39, 0.29) is 24.0 Å². The summed E-state index contributed by atoms with van der Waals surface area (Å²) in [7, 11) is 0. The molecule has 2 N–H and O–H groups in total. The molecule has 1 amide bonds. The lowest BCUT2D eigenvalue weighted by Gasteiger charge is -2.08. The molecule has 1 saturated carbocycles. The Kier molecular flexibility index (Phi) is 3.59. The maximum Gasteiger partial charge on any atom is 0.252 e. The molecule has 0 spiro atoms. The third-order valence-corrected chi connectivity index (χ3v) is 3.35. The molecule has 0 aromatic heterocycles. The number of hydrogen-bond donors (Lipinski definition) is 2. The average Bonchev–Trinajstić information content (AvgIpc) is 2.93. The number of aliphatic hydroxyl groups excluding tert-OH is 1. The van der Waals surface area contributed by atoms with Gasteiger partial charge in [-0.15, -0.1) is 0 Å². The second-order valence-electron chi connectivity index (χ2n) is 5.37. The van der Waals surface area contributed by atoms with Crippen LogP contribution in [0.1, 0.15) is 36.2 Å². The number of carbonyl (C=O) groups is 1. The normalized spacial score (nSPS) is 19.3. The molecule has 1 aliphatic rings. The lowest BCUT2D eigenvalue weighted by molar-refractivity contribution is 0.0946. The van der Waals surface area contributed by atoms with Crippen molar-refractivity contribution in [3.63, 3.8) is 0 Å². The Hall–Kier alpha value is -1.86. The highest BCUT2D eigenvalue weighted by Crippen LogP contribution is 2.44. The quantitative estimate of drug-likeness (QED) is 0.796. The molecule has 19 heavy (non-hydrogen) atoms. The predicted octanol–water partition coefficient (Wildman–Crippen LogP) is 1.70. The number of amides is 1. The van der Waals surface area contributed by atoms with Crippen molar-refractivity contribution >= 4 is 5.91 Å². The second-order valence-corrected chi connectivity index (χ2v) is 5.37. The van der Waals surface area contributed by atoms with E-state index in [2.05, 4.69) is 31.0 Å². The number of carbonyl (C=O) groups excluding carboxylic acids is 1. The lowest BCUT2D eigenvalue weighted by Crippen LogP contribution is -2.29. The fourth-order valence-corrected chi connectivity index (χ4v) is 1.90. The van der Waals surface area contributed by atoms with Crippen LogP contribution in [0.4, 0.5) is 4.39 Å². The monoisotopic (exact) mass is 261 g/mol. The highest BCUT2D eigenvalue weighted by Gasteiger charge is 2.46. The molecular formula is C15H16FNO2. The minimum absolute atomic E-state index is 0.132. The number of rotatable bonds is 2. The molecule has 0 radical (unpaired) electrons. The SMILES string of the molecule is CC1(C)CC1NC(=O)c1ccc(F)cc1C#CCO. The second kappa shape index (κ2) is 5.02. The summed E-state index contributed by atoms with van der Waals surface area (Å²) in [5.41, 5.74) is 0.766. The van der Waals surface area contributed by atoms with Crippen molar-refractivity contribution in [2.45, 2.75) is 26.3 Å². The van der Waals surface area contributed by atoms with Gasteiger partial charge in [0.05, 0.1) is 5.56 Å². The van der Waals surface area contributed by atoms with Crippen LogP contribution in [0.3, 0.4) is 0 Å². The fraction of sp³-hybridized carbons (Fsp3) is 0.400. The Morgan fingerprint density at radius 3 is 2.84 bits per heavy atom. The van der Waals surface area contributed by atoms with Gasteiger partial charge in [-0.1, -0.05) is 25.7 Å². The molecule has 1 unspecified atom stereocenters. The maximum atomic E-state index is 13.2. The van der Waals surface area contributed by atoms with Crippen molar-refractivity contribution in [3.05, 3.63) is 35.1 Å². The molecule has 1 fully saturated rings. The van der Waals surface area contributed by atoms with E-state index < -0.39 is 5.82 Å². The zero-order chi connectivity index (χ0) is 14.0. The third-order valence-electron chi connectivity index (χ3n) is 3.35. The Morgan fingerprint density at radius 2 is 2.26 bits per heavy atom. The molecule has 0 aliphatic heterocycles. The minimum Gasteiger partial charge on any atom is -0.384 e. The molecule has 3 nitrogen and oxygen atoms in total. The molecule has 0 saturated heterocycles. The summed E-state index contributed by atoms with van der Waals surface area (Å²) in [4.78, 5) is 12.1. The largest absolute Gasteiger partial charge is 0.384 e. The minimum atomic E-state index is -0.453. The van der Waals surface area contributed by atoms with Crippen molar-refractivity contribution in [2.24, 2.45) is 5.41 Å². The molecule has 1 aromatic rings. The first-order valence-corrected chi connectivity index (χ1v) is 6.14. The summed E-state index contributed by atoms with van der Waals surface area (Å²) in [6.45, 7) is 3.83. The molecule has 1 aromatic carbocycles. The van der Waals surface area contributed by atoms with Crippen molar-refractivity contribution in [1.82, 2.24) is 5.32 Å². The van der Waals surface area contributed by atoms with E-state index in [4.69, 9.17) is 5.11 Å². The zero-order valence-electron chi connectivity index (χ0n) is 11.0. The fourth-order valence-electron chi connectivity index (χ4n) is 1.90. The van der Waals surface area contributed by atoms with E-state index >= 15 is 0 Å². The van der Waals surface area contributed by atoms with Crippen LogP contribution in [-0.2, 0) is 0 Å². The van der Waals surface area contributed by atoms with Gasteiger partial charge in [-0.05, 0) is 30.0 Å². The van der Waals surface area contributed by atoms with Gasteiger partial charge in [-0.3, -0.25) is 4.79 Å². The highest BCUT2D eigenvalue weighted by atomic mass is 19.1. The van der Waals surface area contributed by atoms with Crippen LogP contribution in [0.25, 0.3) is 0 Å². The van der Waals surface area contributed by atoms with Gasteiger partial charge in [0.25, 0.3) is 5.91 Å². The molecule has 0 heterocycles. The van der Waals surface area contributed by atoms with E-state index in [1.54, 1.807) is 0 Å². The van der Waals surface area contributed by atoms with Crippen LogP contribution >= 0.6 is 0 Å². The van der Waals surface area contributed by atoms with Gasteiger partial charge in [-0.2, -0.15) is 0 Å². The van der Waals surface area contributed by atoms with Crippen LogP contribution in [0.2, 0.25) is 0 Å². The summed E-state index contributed by atoms with van der Waals surface area (Å²) in [6.07, 6.45) is 0.942. The topological polar surface area (TPSA) is 49.3 Å². The van der Waals surface area contributed by atoms with Gasteiger partial charge < -0.3 is 10.4 Å². The first kappa shape index (κ1) is 13.6. The van der Waals surface area contributed by atoms with E-state index in [0.29, 0.717) is 11.1 Å². The first-order chi connectivity index (χ1) is 8.94. The number of benzene rings is 1. The number of hydrogen-bond acceptors (Lipinski definition) is 2. The molecule has 100 valence electrons. The van der Waals surface area contributed by atoms with Crippen molar-refractivity contribution < 1.29 is 14.3 Å². The zero-order valence-corrected chi connectivity index (χ0v) is 11.0. The first-order valence-electron chi connectivity index (χ1n) is 6.14. The van der Waals surface area contributed by atoms with Crippen molar-refractivity contribution in [2.75, 3.05) is 6.61 Å². The standard InChI is InChI=1S/C15H16FNO2/c1-15(2)9-13(15)17-14(19)12-6-5-11(16)8-10(12)4-3-7-18/h5-6,8,13,18H,7,9H2,1-2H3,(H,17,19). The van der Waals surface area contributed by atoms with E-state index in [9.17, 15) is 9.18 Å². The summed E-state index contributed by atoms with van der Waals surface area (Å²) >= 11 is 0. The Morgan fingerprint density at radius 1 is 1.58 bits per heavy atom. The molecule has 2 rings (SSSR count). The lowest BCUT2D eigenvalue weighted by atomic mass is 10.1. The van der Waals surface area contributed by atoms with Crippen LogP contribution in [0.15, 0.2) is 18.2 Å². The van der Waals surface area contributed by atoms with E-state index in [1.165, 1.54) is 18.2 Å². The number of aliphatic hydroxyl groups is 1. The van der Waals surface area contributed by atoms with Gasteiger partial charge in [0.1, 0.15) is 12.4 Å². The Labute approximate surface area is 111 Å². The van der Waals surface area contributed by atoms with Gasteiger partial charge in [0, 0.05) is 11.6 Å². The maximum absolute atomic E-state index is 13.2.